The van der Waals surface area contributed by atoms with Crippen LogP contribution in [0, 0.1) is 0 Å². The quantitative estimate of drug-likeness (QED) is 0.872. The molecule has 0 saturated carbocycles. The van der Waals surface area contributed by atoms with Crippen LogP contribution in [0.5, 0.6) is 5.75 Å². The van der Waals surface area contributed by atoms with Gasteiger partial charge >= 0.3 is 0 Å². The Hall–Kier alpha value is -1.88. The molecule has 0 aliphatic rings. The van der Waals surface area contributed by atoms with Crippen molar-refractivity contribution in [2.24, 2.45) is 7.05 Å². The first-order valence-electron chi connectivity index (χ1n) is 5.91. The molecule has 0 aliphatic heterocycles. The molecular formula is C13H18N4O. The van der Waals surface area contributed by atoms with E-state index in [0.29, 0.717) is 6.54 Å². The fourth-order valence-corrected chi connectivity index (χ4v) is 1.73. The second kappa shape index (κ2) is 5.64. The number of hydrogen-bond acceptors (Lipinski definition) is 4. The van der Waals surface area contributed by atoms with Gasteiger partial charge in [-0.3, -0.25) is 4.68 Å². The molecule has 0 fully saturated rings. The third kappa shape index (κ3) is 2.87. The van der Waals surface area contributed by atoms with Crippen LogP contribution in [0.25, 0.3) is 0 Å². The van der Waals surface area contributed by atoms with Gasteiger partial charge in [0, 0.05) is 13.1 Å². The van der Waals surface area contributed by atoms with Gasteiger partial charge < -0.3 is 10.1 Å². The zero-order valence-electron chi connectivity index (χ0n) is 10.9. The van der Waals surface area contributed by atoms with E-state index in [2.05, 4.69) is 34.5 Å². The summed E-state index contributed by atoms with van der Waals surface area (Å²) in [6.07, 6.45) is 1.56. The van der Waals surface area contributed by atoms with Crippen molar-refractivity contribution in [2.75, 3.05) is 7.11 Å². The molecule has 2 rings (SSSR count). The van der Waals surface area contributed by atoms with Gasteiger partial charge in [0.1, 0.15) is 17.9 Å². The Bertz CT molecular complexity index is 492. The summed E-state index contributed by atoms with van der Waals surface area (Å²) >= 11 is 0. The van der Waals surface area contributed by atoms with Crippen molar-refractivity contribution in [2.45, 2.75) is 19.5 Å². The number of aryl methyl sites for hydroxylation is 1. The van der Waals surface area contributed by atoms with Crippen LogP contribution in [0.3, 0.4) is 0 Å². The Kier molecular flexibility index (Phi) is 3.94. The number of rotatable bonds is 5. The summed E-state index contributed by atoms with van der Waals surface area (Å²) in [6, 6.07) is 8.32. The summed E-state index contributed by atoms with van der Waals surface area (Å²) in [6.45, 7) is 2.82. The Balaban J connectivity index is 1.94. The average molecular weight is 246 g/mol. The van der Waals surface area contributed by atoms with Crippen LogP contribution in [-0.2, 0) is 13.6 Å². The monoisotopic (exact) mass is 246 g/mol. The number of aromatic nitrogens is 3. The Morgan fingerprint density at radius 1 is 1.33 bits per heavy atom. The Morgan fingerprint density at radius 2 is 2.06 bits per heavy atom. The van der Waals surface area contributed by atoms with Gasteiger partial charge in [0.25, 0.3) is 0 Å². The second-order valence-corrected chi connectivity index (χ2v) is 4.18. The maximum Gasteiger partial charge on any atom is 0.140 e. The van der Waals surface area contributed by atoms with Crippen molar-refractivity contribution in [3.63, 3.8) is 0 Å². The van der Waals surface area contributed by atoms with Gasteiger partial charge in [-0.1, -0.05) is 12.1 Å². The van der Waals surface area contributed by atoms with E-state index in [4.69, 9.17) is 4.74 Å². The van der Waals surface area contributed by atoms with Crippen LogP contribution in [0.15, 0.2) is 30.6 Å². The van der Waals surface area contributed by atoms with Gasteiger partial charge in [-0.25, -0.2) is 4.98 Å². The Labute approximate surface area is 107 Å². The van der Waals surface area contributed by atoms with E-state index in [1.165, 1.54) is 5.56 Å². The summed E-state index contributed by atoms with van der Waals surface area (Å²) in [7, 11) is 3.56. The Morgan fingerprint density at radius 3 is 2.61 bits per heavy atom. The number of benzene rings is 1. The lowest BCUT2D eigenvalue weighted by atomic mass is 10.1. The molecule has 1 aromatic heterocycles. The first kappa shape index (κ1) is 12.6. The summed E-state index contributed by atoms with van der Waals surface area (Å²) < 4.78 is 6.91. The molecule has 1 atom stereocenters. The first-order valence-corrected chi connectivity index (χ1v) is 5.91. The molecule has 0 saturated heterocycles. The van der Waals surface area contributed by atoms with Crippen LogP contribution in [-0.4, -0.2) is 21.9 Å². The van der Waals surface area contributed by atoms with Gasteiger partial charge in [0.2, 0.25) is 0 Å². The molecule has 0 radical (unpaired) electrons. The third-order valence-corrected chi connectivity index (χ3v) is 2.99. The smallest absolute Gasteiger partial charge is 0.140 e. The van der Waals surface area contributed by atoms with Crippen LogP contribution >= 0.6 is 0 Å². The van der Waals surface area contributed by atoms with E-state index in [1.807, 2.05) is 19.2 Å². The van der Waals surface area contributed by atoms with E-state index in [0.717, 1.165) is 11.6 Å². The molecule has 1 N–H and O–H groups in total. The molecule has 96 valence electrons. The summed E-state index contributed by atoms with van der Waals surface area (Å²) in [4.78, 5) is 4.18. The zero-order valence-corrected chi connectivity index (χ0v) is 10.9. The van der Waals surface area contributed by atoms with Crippen molar-refractivity contribution >= 4 is 0 Å². The molecule has 0 aliphatic carbocycles. The SMILES string of the molecule is COc1ccc([C@@H](C)NCc2ncnn2C)cc1. The largest absolute Gasteiger partial charge is 0.497 e. The second-order valence-electron chi connectivity index (χ2n) is 4.18. The van der Waals surface area contributed by atoms with E-state index in [1.54, 1.807) is 18.1 Å². The first-order chi connectivity index (χ1) is 8.70. The minimum absolute atomic E-state index is 0.257. The van der Waals surface area contributed by atoms with E-state index < -0.39 is 0 Å². The standard InChI is InChI=1S/C13H18N4O/c1-10(11-4-6-12(18-3)7-5-11)14-8-13-15-9-16-17(13)2/h4-7,9-10,14H,8H2,1-3H3/t10-/m1/s1. The van der Waals surface area contributed by atoms with Crippen molar-refractivity contribution in [1.82, 2.24) is 20.1 Å². The normalized spacial score (nSPS) is 12.4. The van der Waals surface area contributed by atoms with E-state index >= 15 is 0 Å². The predicted octanol–water partition coefficient (Wildman–Crippen LogP) is 1.67. The summed E-state index contributed by atoms with van der Waals surface area (Å²) in [5.41, 5.74) is 1.22. The number of hydrogen-bond donors (Lipinski definition) is 1. The molecule has 5 nitrogen and oxygen atoms in total. The maximum atomic E-state index is 5.14. The van der Waals surface area contributed by atoms with Crippen LogP contribution in [0.2, 0.25) is 0 Å². The highest BCUT2D eigenvalue weighted by molar-refractivity contribution is 5.28. The topological polar surface area (TPSA) is 52.0 Å². The molecule has 2 aromatic rings. The molecule has 0 spiro atoms. The lowest BCUT2D eigenvalue weighted by Gasteiger charge is -2.14. The molecule has 1 heterocycles. The van der Waals surface area contributed by atoms with Crippen molar-refractivity contribution in [1.29, 1.82) is 0 Å². The lowest BCUT2D eigenvalue weighted by Crippen LogP contribution is -2.20. The van der Waals surface area contributed by atoms with Crippen molar-refractivity contribution < 1.29 is 4.74 Å². The van der Waals surface area contributed by atoms with E-state index in [9.17, 15) is 0 Å². The predicted molar refractivity (Wildman–Crippen MR) is 69.3 cm³/mol. The van der Waals surface area contributed by atoms with Gasteiger partial charge in [0.05, 0.1) is 13.7 Å². The molecule has 5 heteroatoms. The van der Waals surface area contributed by atoms with Crippen molar-refractivity contribution in [3.05, 3.63) is 42.0 Å². The van der Waals surface area contributed by atoms with Crippen LogP contribution in [0.1, 0.15) is 24.4 Å². The molecule has 0 amide bonds. The number of methoxy groups -OCH3 is 1. The highest BCUT2D eigenvalue weighted by atomic mass is 16.5. The average Bonchev–Trinajstić information content (AvgIpc) is 2.81. The number of nitrogens with one attached hydrogen (secondary N) is 1. The van der Waals surface area contributed by atoms with Crippen LogP contribution in [0.4, 0.5) is 0 Å². The van der Waals surface area contributed by atoms with Gasteiger partial charge in [-0.2, -0.15) is 5.10 Å². The molecule has 0 unspecified atom stereocenters. The fraction of sp³-hybridized carbons (Fsp3) is 0.385. The minimum atomic E-state index is 0.257. The summed E-state index contributed by atoms with van der Waals surface area (Å²) in [5.74, 6) is 1.80. The minimum Gasteiger partial charge on any atom is -0.497 e. The number of ether oxygens (including phenoxy) is 1. The molecular weight excluding hydrogens is 228 g/mol. The molecule has 0 bridgehead atoms. The molecule has 1 aromatic carbocycles. The highest BCUT2D eigenvalue weighted by Gasteiger charge is 2.07. The summed E-state index contributed by atoms with van der Waals surface area (Å²) in [5, 5.41) is 7.45. The highest BCUT2D eigenvalue weighted by Crippen LogP contribution is 2.17. The number of nitrogens with zero attached hydrogens (tertiary/aromatic N) is 3. The molecule has 18 heavy (non-hydrogen) atoms. The van der Waals surface area contributed by atoms with Gasteiger partial charge in [0.15, 0.2) is 0 Å². The zero-order chi connectivity index (χ0) is 13.0. The fourth-order valence-electron chi connectivity index (χ4n) is 1.73. The van der Waals surface area contributed by atoms with Crippen LogP contribution < -0.4 is 10.1 Å². The van der Waals surface area contributed by atoms with E-state index in [-0.39, 0.29) is 6.04 Å². The lowest BCUT2D eigenvalue weighted by molar-refractivity contribution is 0.414. The maximum absolute atomic E-state index is 5.14. The third-order valence-electron chi connectivity index (χ3n) is 2.99. The van der Waals surface area contributed by atoms with Crippen molar-refractivity contribution in [3.8, 4) is 5.75 Å². The van der Waals surface area contributed by atoms with Gasteiger partial charge in [-0.05, 0) is 24.6 Å². The van der Waals surface area contributed by atoms with Gasteiger partial charge in [-0.15, -0.1) is 0 Å².